The lowest BCUT2D eigenvalue weighted by molar-refractivity contribution is 0.160. The minimum Gasteiger partial charge on any atom is -0.496 e. The Kier molecular flexibility index (Phi) is 8.10. The Hall–Kier alpha value is -1.71. The smallest absolute Gasteiger partial charge is 0.411 e. The molecule has 4 nitrogen and oxygen atoms in total. The maximum Gasteiger partial charge on any atom is 0.411 e. The highest BCUT2D eigenvalue weighted by Gasteiger charge is 2.22. The van der Waals surface area contributed by atoms with Gasteiger partial charge in [-0.25, -0.2) is 4.79 Å². The largest absolute Gasteiger partial charge is 0.496 e. The lowest BCUT2D eigenvalue weighted by Crippen LogP contribution is -2.14. The summed E-state index contributed by atoms with van der Waals surface area (Å²) in [5.41, 5.74) is 1.99. The van der Waals surface area contributed by atoms with E-state index in [-0.39, 0.29) is 0 Å². The molecule has 2 rings (SSSR count). The summed E-state index contributed by atoms with van der Waals surface area (Å²) in [5, 5.41) is 2.79. The number of benzene rings is 1. The van der Waals surface area contributed by atoms with Crippen LogP contribution in [0.2, 0.25) is 0 Å². The molecule has 4 heteroatoms. The van der Waals surface area contributed by atoms with Crippen molar-refractivity contribution in [2.24, 2.45) is 5.92 Å². The SMILES string of the molecule is CCCCOC(=O)Nc1ccc(C2CCCC(CC)CC2)c(OC)c1. The third-order valence-electron chi connectivity index (χ3n) is 5.32. The van der Waals surface area contributed by atoms with Gasteiger partial charge in [0, 0.05) is 11.8 Å². The summed E-state index contributed by atoms with van der Waals surface area (Å²) in [6, 6.07) is 5.98. The van der Waals surface area contributed by atoms with Gasteiger partial charge in [-0.1, -0.05) is 45.6 Å². The van der Waals surface area contributed by atoms with Gasteiger partial charge in [0.25, 0.3) is 0 Å². The molecule has 0 spiro atoms. The van der Waals surface area contributed by atoms with Crippen molar-refractivity contribution < 1.29 is 14.3 Å². The maximum absolute atomic E-state index is 11.8. The van der Waals surface area contributed by atoms with E-state index in [0.717, 1.165) is 30.2 Å². The van der Waals surface area contributed by atoms with Crippen LogP contribution >= 0.6 is 0 Å². The van der Waals surface area contributed by atoms with E-state index in [1.54, 1.807) is 7.11 Å². The van der Waals surface area contributed by atoms with Gasteiger partial charge in [-0.3, -0.25) is 5.32 Å². The monoisotopic (exact) mass is 347 g/mol. The average molecular weight is 347 g/mol. The number of carbonyl (C=O) groups is 1. The molecule has 1 saturated carbocycles. The Labute approximate surface area is 152 Å². The van der Waals surface area contributed by atoms with E-state index in [1.165, 1.54) is 44.1 Å². The van der Waals surface area contributed by atoms with Crippen LogP contribution in [0.1, 0.15) is 76.7 Å². The second-order valence-corrected chi connectivity index (χ2v) is 7.05. The molecule has 1 aliphatic carbocycles. The van der Waals surface area contributed by atoms with Crippen molar-refractivity contribution in [1.29, 1.82) is 0 Å². The Bertz CT molecular complexity index is 544. The lowest BCUT2D eigenvalue weighted by Gasteiger charge is -2.19. The third kappa shape index (κ3) is 5.94. The van der Waals surface area contributed by atoms with Crippen molar-refractivity contribution in [2.75, 3.05) is 19.0 Å². The maximum atomic E-state index is 11.8. The van der Waals surface area contributed by atoms with Crippen molar-refractivity contribution in [3.8, 4) is 5.75 Å². The zero-order chi connectivity index (χ0) is 18.1. The third-order valence-corrected chi connectivity index (χ3v) is 5.32. The van der Waals surface area contributed by atoms with Crippen molar-refractivity contribution in [3.05, 3.63) is 23.8 Å². The number of anilines is 1. The van der Waals surface area contributed by atoms with Gasteiger partial charge in [0.2, 0.25) is 0 Å². The zero-order valence-corrected chi connectivity index (χ0v) is 16.0. The fourth-order valence-electron chi connectivity index (χ4n) is 3.69. The predicted octanol–water partition coefficient (Wildman–Crippen LogP) is 6.12. The molecule has 1 amide bonds. The summed E-state index contributed by atoms with van der Waals surface area (Å²) >= 11 is 0. The lowest BCUT2D eigenvalue weighted by atomic mass is 9.90. The van der Waals surface area contributed by atoms with Crippen LogP contribution in [0.25, 0.3) is 0 Å². The first-order valence-corrected chi connectivity index (χ1v) is 9.79. The number of ether oxygens (including phenoxy) is 2. The molecule has 1 N–H and O–H groups in total. The van der Waals surface area contributed by atoms with Gasteiger partial charge in [-0.15, -0.1) is 0 Å². The molecule has 1 aromatic rings. The molecule has 0 bridgehead atoms. The van der Waals surface area contributed by atoms with Crippen LogP contribution in [-0.2, 0) is 4.74 Å². The summed E-state index contributed by atoms with van der Waals surface area (Å²) in [6.45, 7) is 4.82. The number of unbranched alkanes of at least 4 members (excludes halogenated alkanes) is 1. The molecular formula is C21H33NO3. The minimum atomic E-state index is -0.400. The van der Waals surface area contributed by atoms with Crippen LogP contribution in [-0.4, -0.2) is 19.8 Å². The number of carbonyl (C=O) groups excluding carboxylic acids is 1. The standard InChI is InChI=1S/C21H33NO3/c1-4-6-14-25-21(23)22-18-12-13-19(20(15-18)24-3)17-9-7-8-16(5-2)10-11-17/h12-13,15-17H,4-11,14H2,1-3H3,(H,22,23). The number of hydrogen-bond donors (Lipinski definition) is 1. The van der Waals surface area contributed by atoms with E-state index in [2.05, 4.69) is 25.2 Å². The molecule has 140 valence electrons. The quantitative estimate of drug-likeness (QED) is 0.477. The van der Waals surface area contributed by atoms with Gasteiger partial charge in [0.15, 0.2) is 0 Å². The Morgan fingerprint density at radius 1 is 1.20 bits per heavy atom. The first kappa shape index (κ1) is 19.6. The van der Waals surface area contributed by atoms with Crippen LogP contribution in [0.3, 0.4) is 0 Å². The molecule has 1 fully saturated rings. The van der Waals surface area contributed by atoms with Crippen molar-refractivity contribution in [2.45, 2.75) is 71.1 Å². The van der Waals surface area contributed by atoms with Gasteiger partial charge in [0.05, 0.1) is 13.7 Å². The van der Waals surface area contributed by atoms with Gasteiger partial charge in [-0.05, 0) is 49.1 Å². The summed E-state index contributed by atoms with van der Waals surface area (Å²) in [5.74, 6) is 2.29. The van der Waals surface area contributed by atoms with E-state index in [4.69, 9.17) is 9.47 Å². The Morgan fingerprint density at radius 3 is 2.76 bits per heavy atom. The fraction of sp³-hybridized carbons (Fsp3) is 0.667. The number of hydrogen-bond acceptors (Lipinski definition) is 3. The first-order chi connectivity index (χ1) is 12.2. The van der Waals surface area contributed by atoms with Crippen molar-refractivity contribution >= 4 is 11.8 Å². The number of amides is 1. The molecular weight excluding hydrogens is 314 g/mol. The minimum absolute atomic E-state index is 0.400. The number of methoxy groups -OCH3 is 1. The van der Waals surface area contributed by atoms with Gasteiger partial charge in [-0.2, -0.15) is 0 Å². The average Bonchev–Trinajstić information content (AvgIpc) is 2.87. The van der Waals surface area contributed by atoms with Crippen LogP contribution < -0.4 is 10.1 Å². The molecule has 0 aromatic heterocycles. The normalized spacial score (nSPS) is 20.6. The topological polar surface area (TPSA) is 47.6 Å². The molecule has 2 atom stereocenters. The van der Waals surface area contributed by atoms with Gasteiger partial charge < -0.3 is 9.47 Å². The number of nitrogens with one attached hydrogen (secondary N) is 1. The molecule has 0 heterocycles. The summed E-state index contributed by atoms with van der Waals surface area (Å²) in [7, 11) is 1.70. The fourth-order valence-corrected chi connectivity index (χ4v) is 3.69. The predicted molar refractivity (Wildman–Crippen MR) is 102 cm³/mol. The van der Waals surface area contributed by atoms with E-state index in [0.29, 0.717) is 12.5 Å². The first-order valence-electron chi connectivity index (χ1n) is 9.79. The Balaban J connectivity index is 2.02. The van der Waals surface area contributed by atoms with Crippen LogP contribution in [0, 0.1) is 5.92 Å². The summed E-state index contributed by atoms with van der Waals surface area (Å²) < 4.78 is 10.8. The van der Waals surface area contributed by atoms with Crippen molar-refractivity contribution in [1.82, 2.24) is 0 Å². The number of rotatable bonds is 7. The summed E-state index contributed by atoms with van der Waals surface area (Å²) in [6.07, 6.45) is 9.16. The highest BCUT2D eigenvalue weighted by Crippen LogP contribution is 2.39. The highest BCUT2D eigenvalue weighted by molar-refractivity contribution is 5.85. The molecule has 0 aliphatic heterocycles. The molecule has 1 aliphatic rings. The van der Waals surface area contributed by atoms with E-state index >= 15 is 0 Å². The second kappa shape index (κ2) is 10.3. The van der Waals surface area contributed by atoms with E-state index in [9.17, 15) is 4.79 Å². The molecule has 0 radical (unpaired) electrons. The van der Waals surface area contributed by atoms with Crippen molar-refractivity contribution in [3.63, 3.8) is 0 Å². The van der Waals surface area contributed by atoms with Crippen LogP contribution in [0.4, 0.5) is 10.5 Å². The molecule has 1 aromatic carbocycles. The van der Waals surface area contributed by atoms with Gasteiger partial charge >= 0.3 is 6.09 Å². The highest BCUT2D eigenvalue weighted by atomic mass is 16.5. The van der Waals surface area contributed by atoms with Gasteiger partial charge in [0.1, 0.15) is 5.75 Å². The molecule has 25 heavy (non-hydrogen) atoms. The van der Waals surface area contributed by atoms with Crippen LogP contribution in [0.5, 0.6) is 5.75 Å². The van der Waals surface area contributed by atoms with E-state index < -0.39 is 6.09 Å². The molecule has 2 unspecified atom stereocenters. The van der Waals surface area contributed by atoms with Crippen LogP contribution in [0.15, 0.2) is 18.2 Å². The second-order valence-electron chi connectivity index (χ2n) is 7.05. The van der Waals surface area contributed by atoms with E-state index in [1.807, 2.05) is 12.1 Å². The zero-order valence-electron chi connectivity index (χ0n) is 16.0. The molecule has 0 saturated heterocycles. The summed E-state index contributed by atoms with van der Waals surface area (Å²) in [4.78, 5) is 11.8. The Morgan fingerprint density at radius 2 is 2.04 bits per heavy atom.